The summed E-state index contributed by atoms with van der Waals surface area (Å²) in [5.41, 5.74) is 3.08. The van der Waals surface area contributed by atoms with Crippen LogP contribution < -0.4 is 5.32 Å². The third-order valence-corrected chi connectivity index (χ3v) is 6.78. The molecule has 0 aromatic heterocycles. The molecule has 2 aromatic rings. The first-order valence-corrected chi connectivity index (χ1v) is 10.9. The van der Waals surface area contributed by atoms with Crippen LogP contribution in [-0.4, -0.2) is 29.2 Å². The van der Waals surface area contributed by atoms with E-state index < -0.39 is 0 Å². The molecule has 0 saturated carbocycles. The molecule has 30 heavy (non-hydrogen) atoms. The van der Waals surface area contributed by atoms with Crippen molar-refractivity contribution in [2.24, 2.45) is 11.8 Å². The quantitative estimate of drug-likeness (QED) is 0.577. The normalized spacial score (nSPS) is 20.4. The molecule has 0 radical (unpaired) electrons. The molecule has 1 N–H and O–H groups in total. The van der Waals surface area contributed by atoms with Crippen LogP contribution in [0, 0.1) is 25.7 Å². The van der Waals surface area contributed by atoms with Crippen molar-refractivity contribution >= 4 is 35.2 Å². The highest BCUT2D eigenvalue weighted by molar-refractivity contribution is 7.99. The number of carbonyl (C=O) groups excluding carboxylic acids is 3. The molecule has 2 aromatic carbocycles. The first kappa shape index (κ1) is 20.4. The number of anilines is 1. The van der Waals surface area contributed by atoms with Gasteiger partial charge in [-0.15, -0.1) is 0 Å². The Morgan fingerprint density at radius 1 is 1.00 bits per heavy atom. The van der Waals surface area contributed by atoms with Gasteiger partial charge in [-0.1, -0.05) is 36.0 Å². The van der Waals surface area contributed by atoms with E-state index >= 15 is 0 Å². The van der Waals surface area contributed by atoms with E-state index in [1.165, 1.54) is 16.0 Å². The maximum absolute atomic E-state index is 12.5. The maximum Gasteiger partial charge on any atom is 0.244 e. The maximum atomic E-state index is 12.5. The van der Waals surface area contributed by atoms with E-state index in [9.17, 15) is 14.4 Å². The molecular weight excluding hydrogens is 396 g/mol. The van der Waals surface area contributed by atoms with Crippen LogP contribution in [0.5, 0.6) is 0 Å². The summed E-state index contributed by atoms with van der Waals surface area (Å²) < 4.78 is 0. The van der Waals surface area contributed by atoms with Crippen molar-refractivity contribution in [1.82, 2.24) is 4.90 Å². The molecule has 5 nitrogen and oxygen atoms in total. The fraction of sp³-hybridized carbons (Fsp3) is 0.292. The molecule has 0 unspecified atom stereocenters. The van der Waals surface area contributed by atoms with Crippen LogP contribution in [0.1, 0.15) is 24.0 Å². The molecule has 6 heteroatoms. The predicted octanol–water partition coefficient (Wildman–Crippen LogP) is 4.34. The number of nitrogens with one attached hydrogen (secondary N) is 1. The summed E-state index contributed by atoms with van der Waals surface area (Å²) in [4.78, 5) is 40.8. The van der Waals surface area contributed by atoms with Crippen LogP contribution in [0.15, 0.2) is 64.4 Å². The fourth-order valence-electron chi connectivity index (χ4n) is 3.92. The van der Waals surface area contributed by atoms with Crippen LogP contribution in [0.2, 0.25) is 0 Å². The standard InChI is InChI=1S/C24H24N2O3S/c1-15-7-8-16(2)21(13-15)30-18-11-9-17(10-12-18)25-22(27)14-26-23(28)19-5-3-4-6-20(19)24(26)29/h3-4,7-13,19-20H,5-6,14H2,1-2H3,(H,25,27)/t19-,20-/m0/s1. The Hall–Kier alpha value is -2.86. The predicted molar refractivity (Wildman–Crippen MR) is 117 cm³/mol. The van der Waals surface area contributed by atoms with E-state index in [4.69, 9.17) is 0 Å². The number of hydrogen-bond donors (Lipinski definition) is 1. The zero-order valence-corrected chi connectivity index (χ0v) is 17.9. The number of fused-ring (bicyclic) bond motifs is 1. The van der Waals surface area contributed by atoms with Crippen molar-refractivity contribution in [2.45, 2.75) is 36.5 Å². The third-order valence-electron chi connectivity index (χ3n) is 5.61. The van der Waals surface area contributed by atoms with E-state index in [1.54, 1.807) is 11.8 Å². The average Bonchev–Trinajstić information content (AvgIpc) is 2.97. The molecule has 2 aliphatic rings. The van der Waals surface area contributed by atoms with Gasteiger partial charge in [-0.05, 0) is 68.1 Å². The van der Waals surface area contributed by atoms with E-state index in [1.807, 2.05) is 36.4 Å². The summed E-state index contributed by atoms with van der Waals surface area (Å²) in [7, 11) is 0. The number of imide groups is 1. The zero-order chi connectivity index (χ0) is 21.3. The summed E-state index contributed by atoms with van der Waals surface area (Å²) in [5.74, 6) is -1.44. The van der Waals surface area contributed by atoms with Gasteiger partial charge >= 0.3 is 0 Å². The van der Waals surface area contributed by atoms with Crippen molar-refractivity contribution in [1.29, 1.82) is 0 Å². The molecule has 154 valence electrons. The Balaban J connectivity index is 1.36. The number of allylic oxidation sites excluding steroid dienone is 2. The van der Waals surface area contributed by atoms with Gasteiger partial charge in [0, 0.05) is 15.5 Å². The lowest BCUT2D eigenvalue weighted by Crippen LogP contribution is -2.38. The molecule has 1 heterocycles. The molecule has 4 rings (SSSR count). The van der Waals surface area contributed by atoms with Gasteiger partial charge in [0.1, 0.15) is 6.54 Å². The fourth-order valence-corrected chi connectivity index (χ4v) is 4.92. The Morgan fingerprint density at radius 2 is 1.63 bits per heavy atom. The van der Waals surface area contributed by atoms with Crippen molar-refractivity contribution < 1.29 is 14.4 Å². The van der Waals surface area contributed by atoms with Gasteiger partial charge in [-0.3, -0.25) is 19.3 Å². The Kier molecular flexibility index (Phi) is 5.77. The number of carbonyl (C=O) groups is 3. The van der Waals surface area contributed by atoms with Crippen molar-refractivity contribution in [2.75, 3.05) is 11.9 Å². The molecule has 1 fully saturated rings. The summed E-state index contributed by atoms with van der Waals surface area (Å²) in [5, 5.41) is 2.79. The second kappa shape index (κ2) is 8.48. The van der Waals surface area contributed by atoms with E-state index in [0.29, 0.717) is 18.5 Å². The van der Waals surface area contributed by atoms with Gasteiger partial charge in [0.2, 0.25) is 17.7 Å². The van der Waals surface area contributed by atoms with Crippen molar-refractivity contribution in [3.63, 3.8) is 0 Å². The number of aryl methyl sites for hydroxylation is 2. The van der Waals surface area contributed by atoms with Crippen LogP contribution >= 0.6 is 11.8 Å². The van der Waals surface area contributed by atoms with Crippen molar-refractivity contribution in [3.05, 3.63) is 65.7 Å². The average molecular weight is 421 g/mol. The lowest BCUT2D eigenvalue weighted by molar-refractivity contribution is -0.142. The van der Waals surface area contributed by atoms with Gasteiger partial charge in [0.15, 0.2) is 0 Å². The van der Waals surface area contributed by atoms with Crippen LogP contribution in [0.4, 0.5) is 5.69 Å². The van der Waals surface area contributed by atoms with E-state index in [-0.39, 0.29) is 36.1 Å². The molecule has 0 spiro atoms. The molecule has 1 aliphatic carbocycles. The van der Waals surface area contributed by atoms with Gasteiger partial charge in [0.25, 0.3) is 0 Å². The molecule has 0 bridgehead atoms. The van der Waals surface area contributed by atoms with Crippen LogP contribution in [0.25, 0.3) is 0 Å². The smallest absolute Gasteiger partial charge is 0.244 e. The summed E-state index contributed by atoms with van der Waals surface area (Å²) in [6.45, 7) is 3.93. The SMILES string of the molecule is Cc1ccc(C)c(Sc2ccc(NC(=O)CN3C(=O)[C@H]4CC=CC[C@@H]4C3=O)cc2)c1. The summed E-state index contributed by atoms with van der Waals surface area (Å²) >= 11 is 1.68. The summed E-state index contributed by atoms with van der Waals surface area (Å²) in [6.07, 6.45) is 5.03. The van der Waals surface area contributed by atoms with Gasteiger partial charge in [0.05, 0.1) is 11.8 Å². The van der Waals surface area contributed by atoms with Gasteiger partial charge in [-0.25, -0.2) is 0 Å². The van der Waals surface area contributed by atoms with Crippen LogP contribution in [-0.2, 0) is 14.4 Å². The second-order valence-corrected chi connectivity index (χ2v) is 8.98. The second-order valence-electron chi connectivity index (χ2n) is 7.86. The lowest BCUT2D eigenvalue weighted by Gasteiger charge is -2.14. The Morgan fingerprint density at radius 3 is 2.27 bits per heavy atom. The highest BCUT2D eigenvalue weighted by Crippen LogP contribution is 2.35. The van der Waals surface area contributed by atoms with Gasteiger partial charge in [-0.2, -0.15) is 0 Å². The number of amides is 3. The third kappa shape index (κ3) is 4.19. The number of hydrogen-bond acceptors (Lipinski definition) is 4. The Bertz CT molecular complexity index is 1000. The molecule has 3 amide bonds. The number of likely N-dealkylation sites (tertiary alicyclic amines) is 1. The first-order chi connectivity index (χ1) is 14.4. The highest BCUT2D eigenvalue weighted by atomic mass is 32.2. The summed E-state index contributed by atoms with van der Waals surface area (Å²) in [6, 6.07) is 13.9. The van der Waals surface area contributed by atoms with E-state index in [0.717, 1.165) is 9.80 Å². The minimum Gasteiger partial charge on any atom is -0.325 e. The van der Waals surface area contributed by atoms with Gasteiger partial charge < -0.3 is 5.32 Å². The minimum atomic E-state index is -0.363. The first-order valence-electron chi connectivity index (χ1n) is 10.1. The lowest BCUT2D eigenvalue weighted by atomic mass is 9.85. The monoisotopic (exact) mass is 420 g/mol. The zero-order valence-electron chi connectivity index (χ0n) is 17.1. The highest BCUT2D eigenvalue weighted by Gasteiger charge is 2.47. The molecular formula is C24H24N2O3S. The Labute approximate surface area is 180 Å². The molecule has 1 saturated heterocycles. The van der Waals surface area contributed by atoms with Crippen LogP contribution in [0.3, 0.4) is 0 Å². The number of benzene rings is 2. The van der Waals surface area contributed by atoms with Crippen molar-refractivity contribution in [3.8, 4) is 0 Å². The largest absolute Gasteiger partial charge is 0.325 e. The van der Waals surface area contributed by atoms with E-state index in [2.05, 4.69) is 37.4 Å². The number of nitrogens with zero attached hydrogens (tertiary/aromatic N) is 1. The minimum absolute atomic E-state index is 0.232. The number of rotatable bonds is 5. The molecule has 2 atom stereocenters. The molecule has 1 aliphatic heterocycles. The topological polar surface area (TPSA) is 66.5 Å².